The highest BCUT2D eigenvalue weighted by molar-refractivity contribution is 7.86. The van der Waals surface area contributed by atoms with Crippen LogP contribution in [-0.4, -0.2) is 48.2 Å². The normalized spacial score (nSPS) is 11.2. The van der Waals surface area contributed by atoms with Gasteiger partial charge in [0.25, 0.3) is 25.9 Å². The Morgan fingerprint density at radius 2 is 1.21 bits per heavy atom. The van der Waals surface area contributed by atoms with E-state index in [2.05, 4.69) is 0 Å². The summed E-state index contributed by atoms with van der Waals surface area (Å²) in [5.74, 6) is -1.11. The maximum absolute atomic E-state index is 12.0. The van der Waals surface area contributed by atoms with Gasteiger partial charge in [-0.15, -0.1) is 0 Å². The quantitative estimate of drug-likeness (QED) is 0.204. The molecule has 0 bridgehead atoms. The molecule has 2 rings (SSSR count). The van der Waals surface area contributed by atoms with Crippen LogP contribution in [0.4, 0.5) is 5.69 Å². The summed E-state index contributed by atoms with van der Waals surface area (Å²) >= 11 is 0. The van der Waals surface area contributed by atoms with Gasteiger partial charge in [-0.3, -0.25) is 24.0 Å². The van der Waals surface area contributed by atoms with Gasteiger partial charge in [-0.05, 0) is 25.0 Å². The predicted molar refractivity (Wildman–Crippen MR) is 105 cm³/mol. The first-order valence-electron chi connectivity index (χ1n) is 8.13. The molecule has 2 aromatic rings. The number of rotatable bonds is 8. The smallest absolute Gasteiger partial charge is 0.269 e. The van der Waals surface area contributed by atoms with Crippen LogP contribution in [0.15, 0.2) is 54.6 Å². The van der Waals surface area contributed by atoms with Crippen molar-refractivity contribution in [2.45, 2.75) is 12.8 Å². The van der Waals surface area contributed by atoms with E-state index in [1.165, 1.54) is 24.3 Å². The zero-order chi connectivity index (χ0) is 22.1. The molecule has 0 saturated heterocycles. The van der Waals surface area contributed by atoms with Crippen LogP contribution in [0.2, 0.25) is 0 Å². The lowest BCUT2D eigenvalue weighted by atomic mass is 10.0. The fourth-order valence-corrected chi connectivity index (χ4v) is 3.20. The molecule has 0 atom stereocenters. The van der Waals surface area contributed by atoms with Crippen molar-refractivity contribution in [2.75, 3.05) is 11.5 Å². The fourth-order valence-electron chi connectivity index (χ4n) is 2.06. The molecular formula is C17H19NO9S2. The Morgan fingerprint density at radius 1 is 0.793 bits per heavy atom. The molecule has 10 nitrogen and oxygen atoms in total. The highest BCUT2D eigenvalue weighted by Crippen LogP contribution is 2.15. The van der Waals surface area contributed by atoms with Crippen molar-refractivity contribution < 1.29 is 35.7 Å². The van der Waals surface area contributed by atoms with E-state index in [0.29, 0.717) is 11.1 Å². The molecular weight excluding hydrogens is 426 g/mol. The molecule has 158 valence electrons. The maximum atomic E-state index is 12.0. The van der Waals surface area contributed by atoms with Crippen LogP contribution in [0.3, 0.4) is 0 Å². The largest absolute Gasteiger partial charge is 0.289 e. The van der Waals surface area contributed by atoms with E-state index in [1.54, 1.807) is 24.3 Å². The molecule has 29 heavy (non-hydrogen) atoms. The molecule has 0 radical (unpaired) electrons. The van der Waals surface area contributed by atoms with Crippen molar-refractivity contribution in [3.63, 3.8) is 0 Å². The Kier molecular flexibility index (Phi) is 9.04. The number of hydrogen-bond donors (Lipinski definition) is 2. The van der Waals surface area contributed by atoms with Crippen LogP contribution in [0.5, 0.6) is 0 Å². The molecule has 0 fully saturated rings. The van der Waals surface area contributed by atoms with Crippen molar-refractivity contribution in [2.24, 2.45) is 0 Å². The van der Waals surface area contributed by atoms with Gasteiger partial charge in [-0.25, -0.2) is 0 Å². The summed E-state index contributed by atoms with van der Waals surface area (Å²) in [5, 5.41) is 10.5. The predicted octanol–water partition coefficient (Wildman–Crippen LogP) is 2.37. The fraction of sp³-hybridized carbons (Fsp3) is 0.235. The van der Waals surface area contributed by atoms with Gasteiger partial charge in [0.2, 0.25) is 0 Å². The highest BCUT2D eigenvalue weighted by atomic mass is 32.2. The summed E-state index contributed by atoms with van der Waals surface area (Å²) < 4.78 is 56.8. The Hall–Kier alpha value is -2.67. The van der Waals surface area contributed by atoms with Crippen LogP contribution >= 0.6 is 0 Å². The monoisotopic (exact) mass is 445 g/mol. The van der Waals surface area contributed by atoms with Gasteiger partial charge in [-0.1, -0.05) is 30.3 Å². The minimum atomic E-state index is -4.02. The van der Waals surface area contributed by atoms with Crippen LogP contribution in [0.1, 0.15) is 28.8 Å². The van der Waals surface area contributed by atoms with E-state index >= 15 is 0 Å². The Labute approximate surface area is 167 Å². The molecule has 0 saturated carbocycles. The highest BCUT2D eigenvalue weighted by Gasteiger charge is 2.11. The van der Waals surface area contributed by atoms with E-state index in [1.807, 2.05) is 6.07 Å². The van der Waals surface area contributed by atoms with Gasteiger partial charge >= 0.3 is 0 Å². The van der Waals surface area contributed by atoms with Crippen LogP contribution < -0.4 is 0 Å². The van der Waals surface area contributed by atoms with Gasteiger partial charge in [0.15, 0.2) is 5.78 Å². The Morgan fingerprint density at radius 3 is 1.59 bits per heavy atom. The van der Waals surface area contributed by atoms with Gasteiger partial charge in [0.05, 0.1) is 16.4 Å². The third kappa shape index (κ3) is 10.4. The van der Waals surface area contributed by atoms with Gasteiger partial charge in [-0.2, -0.15) is 16.8 Å². The molecule has 12 heteroatoms. The lowest BCUT2D eigenvalue weighted by molar-refractivity contribution is -0.384. The summed E-state index contributed by atoms with van der Waals surface area (Å²) in [6.45, 7) is 0. The van der Waals surface area contributed by atoms with Crippen molar-refractivity contribution in [3.05, 3.63) is 75.8 Å². The number of unbranched alkanes of at least 4 members (excludes halogenated alkanes) is 1. The molecule has 0 amide bonds. The number of nitrogens with zero attached hydrogens (tertiary/aromatic N) is 1. The van der Waals surface area contributed by atoms with E-state index in [4.69, 9.17) is 9.11 Å². The lowest BCUT2D eigenvalue weighted by Gasteiger charge is -2.00. The zero-order valence-electron chi connectivity index (χ0n) is 15.0. The van der Waals surface area contributed by atoms with Crippen LogP contribution in [-0.2, 0) is 20.2 Å². The third-order valence-electron chi connectivity index (χ3n) is 3.43. The van der Waals surface area contributed by atoms with E-state index < -0.39 is 36.7 Å². The average molecular weight is 445 g/mol. The molecule has 2 aromatic carbocycles. The minimum absolute atomic E-state index is 0.0125. The minimum Gasteiger partial charge on any atom is -0.289 e. The van der Waals surface area contributed by atoms with Gasteiger partial charge in [0.1, 0.15) is 0 Å². The van der Waals surface area contributed by atoms with Gasteiger partial charge < -0.3 is 0 Å². The number of non-ortho nitro benzene ring substituents is 1. The molecule has 0 aliphatic rings. The number of carbonyl (C=O) groups is 1. The number of carbonyl (C=O) groups excluding carboxylic acids is 1. The second-order valence-electron chi connectivity index (χ2n) is 5.78. The number of nitro groups is 1. The van der Waals surface area contributed by atoms with Crippen LogP contribution in [0.25, 0.3) is 0 Å². The summed E-state index contributed by atoms with van der Waals surface area (Å²) in [6.07, 6.45) is 0.0250. The summed E-state index contributed by atoms with van der Waals surface area (Å²) in [4.78, 5) is 21.9. The number of ketones is 1. The molecule has 0 spiro atoms. The van der Waals surface area contributed by atoms with Crippen molar-refractivity contribution in [1.29, 1.82) is 0 Å². The maximum Gasteiger partial charge on any atom is 0.269 e. The first-order chi connectivity index (χ1) is 13.4. The van der Waals surface area contributed by atoms with E-state index in [0.717, 1.165) is 0 Å². The van der Waals surface area contributed by atoms with Gasteiger partial charge in [0, 0.05) is 23.3 Å². The summed E-state index contributed by atoms with van der Waals surface area (Å²) in [5.41, 5.74) is 0.998. The second kappa shape index (κ2) is 10.8. The molecule has 2 N–H and O–H groups in total. The Balaban J connectivity index is 0.000000311. The van der Waals surface area contributed by atoms with E-state index in [-0.39, 0.29) is 24.3 Å². The zero-order valence-corrected chi connectivity index (χ0v) is 16.7. The first-order valence-corrected chi connectivity index (χ1v) is 11.4. The third-order valence-corrected chi connectivity index (χ3v) is 5.04. The second-order valence-corrected chi connectivity index (χ2v) is 8.92. The van der Waals surface area contributed by atoms with Crippen molar-refractivity contribution in [1.82, 2.24) is 0 Å². The molecule has 0 unspecified atom stereocenters. The summed E-state index contributed by atoms with van der Waals surface area (Å²) in [7, 11) is -8.04. The number of nitro benzene ring substituents is 1. The van der Waals surface area contributed by atoms with Crippen molar-refractivity contribution in [3.8, 4) is 0 Å². The topological polar surface area (TPSA) is 169 Å². The molecule has 0 aliphatic carbocycles. The molecule has 0 aliphatic heterocycles. The van der Waals surface area contributed by atoms with E-state index in [9.17, 15) is 31.7 Å². The number of benzene rings is 2. The van der Waals surface area contributed by atoms with Crippen molar-refractivity contribution >= 4 is 31.7 Å². The lowest BCUT2D eigenvalue weighted by Crippen LogP contribution is -2.08. The Bertz CT molecular complexity index is 998. The first kappa shape index (κ1) is 24.4. The SMILES string of the molecule is O=C(c1ccccc1)c1ccc([N+](=O)[O-])cc1.O=S(=O)(O)CCCCS(=O)(=O)O. The summed E-state index contributed by atoms with van der Waals surface area (Å²) in [6, 6.07) is 14.4. The number of hydrogen-bond acceptors (Lipinski definition) is 7. The standard InChI is InChI=1S/C13H9NO3.C4H10O6S2/c15-13(10-4-2-1-3-5-10)11-6-8-12(9-7-11)14(16)17;5-11(6,7)3-1-2-4-12(8,9)10/h1-9H;1-4H2,(H,5,6,7)(H,8,9,10). The molecule has 0 heterocycles. The van der Waals surface area contributed by atoms with Crippen LogP contribution in [0, 0.1) is 10.1 Å². The molecule has 0 aromatic heterocycles. The average Bonchev–Trinajstić information content (AvgIpc) is 2.64.